The van der Waals surface area contributed by atoms with E-state index in [0.29, 0.717) is 6.04 Å². The second-order valence-electron chi connectivity index (χ2n) is 5.87. The Kier molecular flexibility index (Phi) is 6.62. The van der Waals surface area contributed by atoms with Crippen molar-refractivity contribution in [3.63, 3.8) is 0 Å². The number of nitriles is 1. The fourth-order valence-corrected chi connectivity index (χ4v) is 2.17. The van der Waals surface area contributed by atoms with Gasteiger partial charge in [0.25, 0.3) is 0 Å². The highest BCUT2D eigenvalue weighted by Crippen LogP contribution is 2.19. The molecule has 1 heterocycles. The molecule has 1 saturated heterocycles. The molecule has 0 bridgehead atoms. The Morgan fingerprint density at radius 3 is 2.67 bits per heavy atom. The quantitative estimate of drug-likeness (QED) is 0.701. The lowest BCUT2D eigenvalue weighted by Gasteiger charge is -2.29. The van der Waals surface area contributed by atoms with Crippen LogP contribution in [0.1, 0.15) is 33.6 Å². The van der Waals surface area contributed by atoms with Crippen LogP contribution in [0.25, 0.3) is 0 Å². The van der Waals surface area contributed by atoms with Gasteiger partial charge < -0.3 is 10.1 Å². The lowest BCUT2D eigenvalue weighted by Crippen LogP contribution is -2.44. The van der Waals surface area contributed by atoms with E-state index >= 15 is 0 Å². The molecule has 104 valence electrons. The van der Waals surface area contributed by atoms with E-state index in [-0.39, 0.29) is 5.41 Å². The molecule has 1 aliphatic rings. The molecule has 4 nitrogen and oxygen atoms in total. The first-order valence-electron chi connectivity index (χ1n) is 6.98. The lowest BCUT2D eigenvalue weighted by molar-refractivity contribution is 0.0344. The Bertz CT molecular complexity index is 267. The summed E-state index contributed by atoms with van der Waals surface area (Å²) in [4.78, 5) is 2.44. The standard InChI is InChI=1S/C14H27N3O/c1-13(11-17-7-9-18-10-8-17)16-6-4-5-14(2,3)12-15/h13,16H,4-11H2,1-3H3. The molecule has 4 heteroatoms. The first kappa shape index (κ1) is 15.4. The predicted molar refractivity (Wildman–Crippen MR) is 73.4 cm³/mol. The van der Waals surface area contributed by atoms with Gasteiger partial charge in [-0.15, -0.1) is 0 Å². The molecule has 0 amide bonds. The third kappa shape index (κ3) is 6.34. The SMILES string of the molecule is CC(CN1CCOCC1)NCCCC(C)(C)C#N. The number of ether oxygens (including phenoxy) is 1. The molecular weight excluding hydrogens is 226 g/mol. The van der Waals surface area contributed by atoms with Crippen molar-refractivity contribution in [3.05, 3.63) is 0 Å². The van der Waals surface area contributed by atoms with Crippen molar-refractivity contribution in [1.82, 2.24) is 10.2 Å². The summed E-state index contributed by atoms with van der Waals surface area (Å²) in [6.07, 6.45) is 2.02. The van der Waals surface area contributed by atoms with E-state index in [0.717, 1.165) is 52.2 Å². The van der Waals surface area contributed by atoms with Crippen molar-refractivity contribution in [3.8, 4) is 6.07 Å². The number of nitrogens with one attached hydrogen (secondary N) is 1. The summed E-state index contributed by atoms with van der Waals surface area (Å²) in [7, 11) is 0. The Labute approximate surface area is 111 Å². The topological polar surface area (TPSA) is 48.3 Å². The smallest absolute Gasteiger partial charge is 0.0683 e. The molecule has 0 spiro atoms. The largest absolute Gasteiger partial charge is 0.379 e. The Morgan fingerprint density at radius 1 is 1.39 bits per heavy atom. The maximum Gasteiger partial charge on any atom is 0.0683 e. The van der Waals surface area contributed by atoms with Gasteiger partial charge in [-0.05, 0) is 40.2 Å². The van der Waals surface area contributed by atoms with Crippen molar-refractivity contribution in [2.45, 2.75) is 39.7 Å². The van der Waals surface area contributed by atoms with Crippen LogP contribution in [0.4, 0.5) is 0 Å². The Hall–Kier alpha value is -0.630. The van der Waals surface area contributed by atoms with Crippen LogP contribution in [0.2, 0.25) is 0 Å². The molecule has 0 aliphatic carbocycles. The molecule has 0 saturated carbocycles. The summed E-state index contributed by atoms with van der Waals surface area (Å²) in [6, 6.07) is 2.85. The van der Waals surface area contributed by atoms with Crippen LogP contribution >= 0.6 is 0 Å². The van der Waals surface area contributed by atoms with Crippen molar-refractivity contribution in [1.29, 1.82) is 5.26 Å². The van der Waals surface area contributed by atoms with Gasteiger partial charge in [-0.1, -0.05) is 0 Å². The third-order valence-electron chi connectivity index (χ3n) is 3.41. The Morgan fingerprint density at radius 2 is 2.06 bits per heavy atom. The van der Waals surface area contributed by atoms with Crippen LogP contribution < -0.4 is 5.32 Å². The van der Waals surface area contributed by atoms with Gasteiger partial charge in [-0.3, -0.25) is 4.90 Å². The highest BCUT2D eigenvalue weighted by molar-refractivity contribution is 4.91. The van der Waals surface area contributed by atoms with E-state index in [2.05, 4.69) is 23.2 Å². The van der Waals surface area contributed by atoms with Crippen LogP contribution in [0.3, 0.4) is 0 Å². The molecule has 1 unspecified atom stereocenters. The van der Waals surface area contributed by atoms with E-state index in [1.54, 1.807) is 0 Å². The molecule has 1 atom stereocenters. The average Bonchev–Trinajstić information content (AvgIpc) is 2.36. The van der Waals surface area contributed by atoms with Crippen molar-refractivity contribution in [2.75, 3.05) is 39.4 Å². The summed E-state index contributed by atoms with van der Waals surface area (Å²) in [6.45, 7) is 12.1. The molecule has 0 radical (unpaired) electrons. The maximum absolute atomic E-state index is 8.93. The minimum absolute atomic E-state index is 0.185. The number of rotatable bonds is 7. The van der Waals surface area contributed by atoms with E-state index in [4.69, 9.17) is 10.00 Å². The first-order valence-corrected chi connectivity index (χ1v) is 6.98. The summed E-state index contributed by atoms with van der Waals surface area (Å²) < 4.78 is 5.34. The number of nitrogens with zero attached hydrogens (tertiary/aromatic N) is 2. The number of hydrogen-bond acceptors (Lipinski definition) is 4. The molecule has 1 aliphatic heterocycles. The number of morpholine rings is 1. The van der Waals surface area contributed by atoms with E-state index in [1.165, 1.54) is 0 Å². The lowest BCUT2D eigenvalue weighted by atomic mass is 9.90. The maximum atomic E-state index is 8.93. The van der Waals surface area contributed by atoms with Crippen LogP contribution in [0, 0.1) is 16.7 Å². The summed E-state index contributed by atoms with van der Waals surface area (Å²) >= 11 is 0. The molecule has 1 rings (SSSR count). The first-order chi connectivity index (χ1) is 8.53. The zero-order chi connectivity index (χ0) is 13.4. The van der Waals surface area contributed by atoms with Crippen LogP contribution in [-0.2, 0) is 4.74 Å². The Balaban J connectivity index is 2.06. The summed E-state index contributed by atoms with van der Waals surface area (Å²) in [5, 5.41) is 12.5. The van der Waals surface area contributed by atoms with Gasteiger partial charge in [-0.2, -0.15) is 5.26 Å². The molecule has 0 aromatic carbocycles. The number of hydrogen-bond donors (Lipinski definition) is 1. The fourth-order valence-electron chi connectivity index (χ4n) is 2.17. The molecule has 0 aromatic heterocycles. The predicted octanol–water partition coefficient (Wildman–Crippen LogP) is 1.63. The van der Waals surface area contributed by atoms with Gasteiger partial charge >= 0.3 is 0 Å². The average molecular weight is 253 g/mol. The highest BCUT2D eigenvalue weighted by Gasteiger charge is 2.16. The molecule has 1 fully saturated rings. The van der Waals surface area contributed by atoms with Gasteiger partial charge in [0.15, 0.2) is 0 Å². The van der Waals surface area contributed by atoms with E-state index < -0.39 is 0 Å². The highest BCUT2D eigenvalue weighted by atomic mass is 16.5. The normalized spacial score (nSPS) is 19.4. The minimum atomic E-state index is -0.185. The second kappa shape index (κ2) is 7.73. The van der Waals surface area contributed by atoms with Gasteiger partial charge in [-0.25, -0.2) is 0 Å². The second-order valence-corrected chi connectivity index (χ2v) is 5.87. The molecule has 18 heavy (non-hydrogen) atoms. The monoisotopic (exact) mass is 253 g/mol. The van der Waals surface area contributed by atoms with Gasteiger partial charge in [0.1, 0.15) is 0 Å². The van der Waals surface area contributed by atoms with Gasteiger partial charge in [0, 0.05) is 25.7 Å². The van der Waals surface area contributed by atoms with E-state index in [1.807, 2.05) is 13.8 Å². The minimum Gasteiger partial charge on any atom is -0.379 e. The van der Waals surface area contributed by atoms with Crippen molar-refractivity contribution >= 4 is 0 Å². The third-order valence-corrected chi connectivity index (χ3v) is 3.41. The van der Waals surface area contributed by atoms with Crippen LogP contribution in [0.5, 0.6) is 0 Å². The zero-order valence-corrected chi connectivity index (χ0v) is 12.0. The van der Waals surface area contributed by atoms with Crippen molar-refractivity contribution in [2.24, 2.45) is 5.41 Å². The molecule has 0 aromatic rings. The molecule has 1 N–H and O–H groups in total. The van der Waals surface area contributed by atoms with Crippen LogP contribution in [-0.4, -0.2) is 50.3 Å². The van der Waals surface area contributed by atoms with Crippen molar-refractivity contribution < 1.29 is 4.74 Å². The zero-order valence-electron chi connectivity index (χ0n) is 12.0. The van der Waals surface area contributed by atoms with Gasteiger partial charge in [0.2, 0.25) is 0 Å². The fraction of sp³-hybridized carbons (Fsp3) is 0.929. The molecular formula is C14H27N3O. The van der Waals surface area contributed by atoms with E-state index in [9.17, 15) is 0 Å². The van der Waals surface area contributed by atoms with Crippen LogP contribution in [0.15, 0.2) is 0 Å². The summed E-state index contributed by atoms with van der Waals surface area (Å²) in [5.41, 5.74) is -0.185. The van der Waals surface area contributed by atoms with Gasteiger partial charge in [0.05, 0.1) is 24.7 Å². The summed E-state index contributed by atoms with van der Waals surface area (Å²) in [5.74, 6) is 0.